The molecule has 23 N–H and O–H groups in total. The number of nitrogen functional groups attached to an aromatic ring is 3. The lowest BCUT2D eigenvalue weighted by Crippen LogP contribution is -2.57. The number of nitrogens with two attached hydrogens (primary N) is 4. The van der Waals surface area contributed by atoms with Crippen LogP contribution in [0, 0.1) is 26.7 Å². The molecule has 0 radical (unpaired) electrons. The van der Waals surface area contributed by atoms with Crippen LogP contribution in [0.3, 0.4) is 0 Å². The molecule has 9 aliphatic rings. The largest absolute Gasteiger partial charge is 0.472 e. The van der Waals surface area contributed by atoms with Crippen LogP contribution >= 0.6 is 46.9 Å². The first kappa shape index (κ1) is 97.1. The lowest BCUT2D eigenvalue weighted by molar-refractivity contribution is -0.128. The van der Waals surface area contributed by atoms with Crippen LogP contribution in [0.2, 0.25) is 0 Å². The predicted molar refractivity (Wildman–Crippen MR) is 413 cm³/mol. The molecule has 14 rings (SSSR count). The third kappa shape index (κ3) is 24.4. The number of urea groups is 1. The SMILES string of the molecule is Cc1cn([C@@H]2C[C@H](OP(=O)(O)OC[C@H]3O[C@@H](n4cc(C)c(=O)[nH]c4=O)C[C@@H]3O)[C@@H](COP(=O)(O)O)O2)c(=O)nc1N.Cc1cn([C@H]2C[C@H](O)[C@@H](COP(=O)(O)O[C@H]3C[C@@H](N4CC(C)C(=O)NC4=O)O[C@@H]3COP(=O)(O)O)O2)c(=O)nc1N.NC1=NC2C(N=CN2[C@H]2C[C@H](OP(=O)(O)OC[C@H]3O[C@@H](n4cnc5c(N)ncnc54)C[C@@H]3O)[C@@H](COP(=O)(O)O)O2)C(=O)N1. The molecule has 9 aliphatic heterocycles. The molecule has 7 saturated heterocycles. The first-order chi connectivity index (χ1) is 58.8. The number of aromatic nitrogens is 10. The van der Waals surface area contributed by atoms with Crippen LogP contribution in [-0.2, 0) is 106 Å². The number of nitrogens with one attached hydrogen (secondary N) is 3. The Labute approximate surface area is 705 Å². The van der Waals surface area contributed by atoms with Gasteiger partial charge in [0.05, 0.1) is 76.5 Å². The molecular weight excluding hydrogens is 1830 g/mol. The highest BCUT2D eigenvalue weighted by molar-refractivity contribution is 7.48. The number of phosphoric acid groups is 6. The third-order valence-corrected chi connectivity index (χ3v) is 24.8. The van der Waals surface area contributed by atoms with E-state index < -0.39 is 256 Å². The minimum absolute atomic E-state index is 0.0224. The highest BCUT2D eigenvalue weighted by Gasteiger charge is 2.53. The van der Waals surface area contributed by atoms with Gasteiger partial charge in [-0.15, -0.1) is 0 Å². The van der Waals surface area contributed by atoms with Gasteiger partial charge >= 0.3 is 70.0 Å². The zero-order valence-corrected chi connectivity index (χ0v) is 71.3. The molecule has 60 nitrogen and oxygen atoms in total. The van der Waals surface area contributed by atoms with E-state index >= 15 is 0 Å². The number of amides is 4. The fourth-order valence-corrected chi connectivity index (χ4v) is 17.9. The van der Waals surface area contributed by atoms with E-state index in [4.69, 9.17) is 98.1 Å². The molecule has 0 saturated carbocycles. The van der Waals surface area contributed by atoms with Crippen LogP contribution in [0.5, 0.6) is 0 Å². The summed E-state index contributed by atoms with van der Waals surface area (Å²) >= 11 is 0. The maximum atomic E-state index is 13.0. The van der Waals surface area contributed by atoms with Crippen molar-refractivity contribution in [2.45, 2.75) is 189 Å². The minimum Gasteiger partial charge on any atom is -0.390 e. The lowest BCUT2D eigenvalue weighted by Gasteiger charge is -2.34. The summed E-state index contributed by atoms with van der Waals surface area (Å²) in [7, 11) is -29.7. The summed E-state index contributed by atoms with van der Waals surface area (Å²) in [6.45, 7) is 2.03. The van der Waals surface area contributed by atoms with Gasteiger partial charge in [-0.25, -0.2) is 66.5 Å². The first-order valence-electron chi connectivity index (χ1n) is 37.4. The average molecular weight is 1920 g/mol. The van der Waals surface area contributed by atoms with Crippen molar-refractivity contribution in [3.63, 3.8) is 0 Å². The van der Waals surface area contributed by atoms with Crippen molar-refractivity contribution in [2.75, 3.05) is 63.4 Å². The Kier molecular flexibility index (Phi) is 30.1. The number of H-pyrrole nitrogens is 1. The molecule has 6 unspecified atom stereocenters. The van der Waals surface area contributed by atoms with Gasteiger partial charge in [0.15, 0.2) is 29.6 Å². The second kappa shape index (κ2) is 39.0. The van der Waals surface area contributed by atoms with Gasteiger partial charge in [0.25, 0.3) is 11.5 Å². The summed E-state index contributed by atoms with van der Waals surface area (Å²) in [5.41, 5.74) is 21.7. The normalized spacial score (nSPS) is 31.3. The zero-order valence-electron chi connectivity index (χ0n) is 65.9. The number of imidazole rings is 1. The summed E-state index contributed by atoms with van der Waals surface area (Å²) in [5.74, 6) is -1.58. The van der Waals surface area contributed by atoms with E-state index in [0.29, 0.717) is 22.3 Å². The van der Waals surface area contributed by atoms with E-state index in [0.717, 1.165) is 18.6 Å². The first-order valence-corrected chi connectivity index (χ1v) is 46.5. The Hall–Kier alpha value is -7.96. The smallest absolute Gasteiger partial charge is 0.390 e. The van der Waals surface area contributed by atoms with Gasteiger partial charge in [-0.2, -0.15) is 9.97 Å². The van der Waals surface area contributed by atoms with Crippen molar-refractivity contribution in [1.29, 1.82) is 0 Å². The Morgan fingerprint density at radius 1 is 0.476 bits per heavy atom. The predicted octanol–water partition coefficient (Wildman–Crippen LogP) is -5.50. The molecule has 14 heterocycles. The molecule has 0 aromatic carbocycles. The number of carbonyl (C=O) groups excluding carboxylic acids is 3. The highest BCUT2D eigenvalue weighted by Crippen LogP contribution is 2.53. The quantitative estimate of drug-likeness (QED) is 0.0191. The topological polar surface area (TPSA) is 862 Å². The van der Waals surface area contributed by atoms with Gasteiger partial charge in [0, 0.05) is 80.4 Å². The number of imide groups is 1. The molecule has 24 atom stereocenters. The number of rotatable bonds is 30. The van der Waals surface area contributed by atoms with Crippen LogP contribution in [0.25, 0.3) is 11.2 Å². The Balaban J connectivity index is 0.000000172. The number of aromatic amines is 1. The van der Waals surface area contributed by atoms with Crippen molar-refractivity contribution in [3.8, 4) is 0 Å². The van der Waals surface area contributed by atoms with E-state index in [-0.39, 0.29) is 74.0 Å². The number of aliphatic hydroxyl groups excluding tert-OH is 3. The van der Waals surface area contributed by atoms with Gasteiger partial charge in [-0.05, 0) is 20.8 Å². The number of hydrogen-bond donors (Lipinski definition) is 19. The molecule has 5 aromatic rings. The Morgan fingerprint density at radius 3 is 1.36 bits per heavy atom. The average Bonchev–Trinajstić information content (AvgIpc) is 1.62. The molecule has 0 bridgehead atoms. The maximum absolute atomic E-state index is 13.0. The fourth-order valence-electron chi connectivity index (χ4n) is 14.0. The van der Waals surface area contributed by atoms with Crippen LogP contribution in [0.1, 0.15) is 87.1 Å². The monoisotopic (exact) mass is 1910 g/mol. The number of hydrogen-bond acceptors (Lipinski definition) is 43. The number of guanidine groups is 1. The number of aliphatic imine (C=N–C) groups is 2. The Bertz CT molecular complexity index is 5500. The van der Waals surface area contributed by atoms with Gasteiger partial charge < -0.3 is 116 Å². The second-order valence-electron chi connectivity index (χ2n) is 29.5. The third-order valence-electron chi connectivity index (χ3n) is 20.3. The van der Waals surface area contributed by atoms with E-state index in [2.05, 4.69) is 64.1 Å². The van der Waals surface area contributed by atoms with E-state index in [9.17, 15) is 101 Å². The molecule has 0 aliphatic carbocycles. The number of aryl methyl sites for hydroxylation is 3. The standard InChI is InChI=1S/C20H28N10O12P2.C20H29N5O14P2.C20H31N5O14P2/c21-16-14-17(24-5-23-16)29(6-25-14)12-1-8(31)10(40-12)3-39-44(36,37)42-9-2-13(41-11(9)4-38-43(33,34)35)30-7-26-15-18(30)27-20(22)28-19(15)32;1-9-5-24(19(28)22-17(9)21)16-4-12(14(38-16)8-35-40(30,31)32)39-41(33,34)36-7-13-11(26)3-15(37-13)25-6-10(2)18(27)23-20(25)29;1-9-5-24(19(28)22-17(9)21)15-3-11(26)13(37-15)7-36-41(33,34)39-12-4-16(38-14(12)8-35-40(30,31)32)25-6-10(2)18(27)23-20(25)29/h5-13,15,18,31H,1-4H2,(H,36,37)(H2,21,23,24)(H2,33,34,35)(H3,22,27,28,32);5-6,11-16,26H,3-4,7-8H2,1-2H3,(H,33,34)(H2,21,22,28)(H,23,27,29)(H2,30,31,32);5,10-16,26H,3-4,6-8H2,1-2H3,(H,33,34)(H2,21,22,28)(H,23,27,29)(H2,30,31,32)/t8-,9-,10+,11+,12+,13+,15?,18?;11-,12-,13+,14+,15+,16-;10?,11-,12-,13+,14+,15+,16-/m000/s1. The van der Waals surface area contributed by atoms with Crippen molar-refractivity contribution in [2.24, 2.45) is 21.6 Å². The summed E-state index contributed by atoms with van der Waals surface area (Å²) < 4.78 is 156. The number of ether oxygens (including phenoxy) is 6. The molecule has 698 valence electrons. The highest BCUT2D eigenvalue weighted by atomic mass is 31.2. The summed E-state index contributed by atoms with van der Waals surface area (Å²) in [5, 5.41) is 35.8. The number of nitrogens with zero attached hydrogens (tertiary/aromatic N) is 13. The van der Waals surface area contributed by atoms with Crippen LogP contribution in [0.15, 0.2) is 60.4 Å². The van der Waals surface area contributed by atoms with E-state index in [1.165, 1.54) is 54.0 Å². The number of phosphoric ester groups is 6. The van der Waals surface area contributed by atoms with Crippen LogP contribution in [0.4, 0.5) is 22.2 Å². The van der Waals surface area contributed by atoms with Gasteiger partial charge in [-0.3, -0.25) is 98.9 Å². The molecule has 66 heteroatoms. The number of fused-ring (bicyclic) bond motifs is 2. The van der Waals surface area contributed by atoms with E-state index in [1.54, 1.807) is 20.8 Å². The van der Waals surface area contributed by atoms with Crippen molar-refractivity contribution >= 4 is 106 Å². The maximum Gasteiger partial charge on any atom is 0.472 e. The summed E-state index contributed by atoms with van der Waals surface area (Å²) in [6.07, 6.45) is -14.5. The number of aliphatic hydroxyl groups is 3. The molecule has 4 amide bonds. The number of anilines is 3. The molecular formula is C60H88N20O40P6. The Morgan fingerprint density at radius 2 is 0.881 bits per heavy atom. The van der Waals surface area contributed by atoms with Crippen molar-refractivity contribution in [3.05, 3.63) is 89.7 Å². The van der Waals surface area contributed by atoms with Gasteiger partial charge in [0.1, 0.15) is 116 Å². The van der Waals surface area contributed by atoms with Gasteiger partial charge in [-0.1, -0.05) is 6.92 Å². The van der Waals surface area contributed by atoms with Crippen LogP contribution < -0.4 is 56.2 Å². The minimum atomic E-state index is -4.97. The molecule has 126 heavy (non-hydrogen) atoms. The van der Waals surface area contributed by atoms with Crippen molar-refractivity contribution < 1.29 is 170 Å². The van der Waals surface area contributed by atoms with Crippen molar-refractivity contribution in [1.82, 2.24) is 68.6 Å². The number of carbonyl (C=O) groups is 3. The fraction of sp³-hybridized carbons (Fsp3) is 0.633. The lowest BCUT2D eigenvalue weighted by atomic mass is 10.1. The molecule has 5 aromatic heterocycles. The van der Waals surface area contributed by atoms with Gasteiger partial charge in [0.2, 0.25) is 5.91 Å². The van der Waals surface area contributed by atoms with E-state index in [1.807, 2.05) is 0 Å². The molecule has 0 spiro atoms. The zero-order chi connectivity index (χ0) is 91.9. The van der Waals surface area contributed by atoms with Crippen LogP contribution in [-0.4, -0.2) is 292 Å². The summed E-state index contributed by atoms with van der Waals surface area (Å²) in [4.78, 5) is 203. The molecule has 7 fully saturated rings. The second-order valence-corrected chi connectivity index (χ2v) is 37.4. The summed E-state index contributed by atoms with van der Waals surface area (Å²) in [6, 6.07) is -1.72.